The Kier molecular flexibility index (Phi) is 6.12. The van der Waals surface area contributed by atoms with Gasteiger partial charge in [0.25, 0.3) is 0 Å². The number of benzene rings is 1. The van der Waals surface area contributed by atoms with Gasteiger partial charge in [0.15, 0.2) is 0 Å². The van der Waals surface area contributed by atoms with Crippen molar-refractivity contribution >= 4 is 46.2 Å². The number of aromatic nitrogens is 2. The molecule has 0 radical (unpaired) electrons. The van der Waals surface area contributed by atoms with Crippen molar-refractivity contribution in [3.63, 3.8) is 0 Å². The van der Waals surface area contributed by atoms with Gasteiger partial charge in [-0.2, -0.15) is 0 Å². The van der Waals surface area contributed by atoms with Gasteiger partial charge in [0, 0.05) is 54.4 Å². The molecule has 2 amide bonds. The lowest BCUT2D eigenvalue weighted by atomic mass is 9.88. The maximum absolute atomic E-state index is 12.7. The number of hydrogen-bond donors (Lipinski definition) is 3. The van der Waals surface area contributed by atoms with Crippen LogP contribution >= 0.6 is 11.8 Å². The molecule has 2 saturated heterocycles. The van der Waals surface area contributed by atoms with Gasteiger partial charge >= 0.3 is 6.09 Å². The molecule has 3 aliphatic rings. The summed E-state index contributed by atoms with van der Waals surface area (Å²) in [6, 6.07) is 11.4. The van der Waals surface area contributed by atoms with Gasteiger partial charge in [0.2, 0.25) is 11.8 Å². The summed E-state index contributed by atoms with van der Waals surface area (Å²) in [6.07, 6.45) is 1.10. The second kappa shape index (κ2) is 9.57. The number of nitrogens with one attached hydrogen (secondary N) is 3. The van der Waals surface area contributed by atoms with Crippen LogP contribution in [0.4, 0.5) is 16.2 Å². The first kappa shape index (κ1) is 23.0. The first-order valence-corrected chi connectivity index (χ1v) is 12.9. The number of fused-ring (bicyclic) bond motifs is 2. The molecule has 6 rings (SSSR count). The third-order valence-corrected chi connectivity index (χ3v) is 7.84. The zero-order chi connectivity index (χ0) is 24.6. The smallest absolute Gasteiger partial charge is 0.414 e. The Bertz CT molecular complexity index is 1330. The molecule has 1 aromatic carbocycles. The van der Waals surface area contributed by atoms with E-state index in [1.54, 1.807) is 18.2 Å². The predicted molar refractivity (Wildman–Crippen MR) is 137 cm³/mol. The lowest BCUT2D eigenvalue weighted by molar-refractivity contribution is -0.113. The number of ether oxygens (including phenoxy) is 2. The van der Waals surface area contributed by atoms with Crippen molar-refractivity contribution in [3.05, 3.63) is 48.2 Å². The first-order chi connectivity index (χ1) is 17.6. The quantitative estimate of drug-likeness (QED) is 0.444. The number of hydrogen-bond acceptors (Lipinski definition) is 9. The molecule has 3 N–H and O–H groups in total. The molecule has 11 heteroatoms. The average molecular weight is 507 g/mol. The van der Waals surface area contributed by atoms with E-state index in [0.29, 0.717) is 36.3 Å². The van der Waals surface area contributed by atoms with E-state index in [-0.39, 0.29) is 24.1 Å². The van der Waals surface area contributed by atoms with Crippen LogP contribution in [0, 0.1) is 5.92 Å². The number of pyridine rings is 2. The largest absolute Gasteiger partial charge is 0.481 e. The van der Waals surface area contributed by atoms with Crippen molar-refractivity contribution in [2.24, 2.45) is 5.92 Å². The molecule has 0 spiro atoms. The van der Waals surface area contributed by atoms with Gasteiger partial charge in [-0.3, -0.25) is 14.7 Å². The van der Waals surface area contributed by atoms with E-state index in [1.165, 1.54) is 11.8 Å². The van der Waals surface area contributed by atoms with Crippen molar-refractivity contribution in [2.75, 3.05) is 49.3 Å². The van der Waals surface area contributed by atoms with Gasteiger partial charge < -0.3 is 25.4 Å². The monoisotopic (exact) mass is 506 g/mol. The summed E-state index contributed by atoms with van der Waals surface area (Å²) >= 11 is 1.49. The van der Waals surface area contributed by atoms with Crippen LogP contribution in [0.1, 0.15) is 11.6 Å². The zero-order valence-electron chi connectivity index (χ0n) is 19.7. The van der Waals surface area contributed by atoms with Gasteiger partial charge in [-0.25, -0.2) is 9.78 Å². The summed E-state index contributed by atoms with van der Waals surface area (Å²) in [5, 5.41) is 9.87. The van der Waals surface area contributed by atoms with Crippen LogP contribution in [-0.4, -0.2) is 67.1 Å². The predicted octanol–water partition coefficient (Wildman–Crippen LogP) is 2.56. The maximum Gasteiger partial charge on any atom is 0.414 e. The van der Waals surface area contributed by atoms with Gasteiger partial charge in [-0.1, -0.05) is 0 Å². The minimum absolute atomic E-state index is 0.0140. The molecular weight excluding hydrogens is 480 g/mol. The van der Waals surface area contributed by atoms with Gasteiger partial charge in [-0.05, 0) is 35.9 Å². The molecule has 0 saturated carbocycles. The Morgan fingerprint density at radius 3 is 2.94 bits per heavy atom. The van der Waals surface area contributed by atoms with Crippen molar-refractivity contribution in [3.8, 4) is 5.88 Å². The number of thioether (sulfide) groups is 1. The highest BCUT2D eigenvalue weighted by atomic mass is 32.2. The number of carbonyl (C=O) groups excluding carboxylic acids is 2. The van der Waals surface area contributed by atoms with E-state index < -0.39 is 0 Å². The highest BCUT2D eigenvalue weighted by Gasteiger charge is 2.35. The summed E-state index contributed by atoms with van der Waals surface area (Å²) in [5.74, 6) is 1.28. The Labute approximate surface area is 212 Å². The number of carbonyl (C=O) groups is 2. The topological polar surface area (TPSA) is 118 Å². The lowest BCUT2D eigenvalue weighted by Crippen LogP contribution is -2.50. The third-order valence-electron chi connectivity index (χ3n) is 6.77. The van der Waals surface area contributed by atoms with Gasteiger partial charge in [-0.15, -0.1) is 11.8 Å². The highest BCUT2D eigenvalue weighted by molar-refractivity contribution is 8.00. The van der Waals surface area contributed by atoms with E-state index >= 15 is 0 Å². The number of anilines is 2. The van der Waals surface area contributed by atoms with Crippen LogP contribution in [0.25, 0.3) is 11.0 Å². The fourth-order valence-electron chi connectivity index (χ4n) is 4.81. The SMILES string of the molecule is COc1ccc2nccc(C(NCC3CN(c4ccc5c(c4)NC(=O)CS5)C(=O)O3)C3CNC3)c2n1. The number of methoxy groups -OCH3 is 1. The number of amides is 2. The third kappa shape index (κ3) is 4.34. The van der Waals surface area contributed by atoms with Crippen LogP contribution < -0.4 is 25.6 Å². The van der Waals surface area contributed by atoms with Gasteiger partial charge in [0.05, 0.1) is 36.1 Å². The van der Waals surface area contributed by atoms with Crippen molar-refractivity contribution in [2.45, 2.75) is 17.0 Å². The highest BCUT2D eigenvalue weighted by Crippen LogP contribution is 2.36. The lowest BCUT2D eigenvalue weighted by Gasteiger charge is -2.36. The van der Waals surface area contributed by atoms with Crippen molar-refractivity contribution < 1.29 is 19.1 Å². The van der Waals surface area contributed by atoms with Crippen LogP contribution in [0.5, 0.6) is 5.88 Å². The summed E-state index contributed by atoms with van der Waals surface area (Å²) in [5.41, 5.74) is 4.10. The normalized spacial score (nSPS) is 20.5. The molecule has 186 valence electrons. The zero-order valence-corrected chi connectivity index (χ0v) is 20.5. The molecule has 0 aliphatic carbocycles. The number of nitrogens with zero attached hydrogens (tertiary/aromatic N) is 3. The molecular formula is C25H26N6O4S. The Morgan fingerprint density at radius 1 is 1.25 bits per heavy atom. The fraction of sp³-hybridized carbons (Fsp3) is 0.360. The van der Waals surface area contributed by atoms with E-state index in [2.05, 4.69) is 25.9 Å². The fourth-order valence-corrected chi connectivity index (χ4v) is 5.59. The molecule has 5 heterocycles. The van der Waals surface area contributed by atoms with E-state index in [0.717, 1.165) is 40.3 Å². The van der Waals surface area contributed by atoms with Crippen LogP contribution in [0.2, 0.25) is 0 Å². The van der Waals surface area contributed by atoms with Crippen LogP contribution in [0.15, 0.2) is 47.5 Å². The molecule has 2 aromatic heterocycles. The van der Waals surface area contributed by atoms with E-state index in [1.807, 2.05) is 36.4 Å². The molecule has 3 aliphatic heterocycles. The number of rotatable bonds is 7. The van der Waals surface area contributed by atoms with Crippen LogP contribution in [0.3, 0.4) is 0 Å². The minimum Gasteiger partial charge on any atom is -0.481 e. The second-order valence-electron chi connectivity index (χ2n) is 9.06. The second-order valence-corrected chi connectivity index (χ2v) is 10.1. The van der Waals surface area contributed by atoms with Crippen LogP contribution in [-0.2, 0) is 9.53 Å². The van der Waals surface area contributed by atoms with Crippen molar-refractivity contribution in [1.82, 2.24) is 20.6 Å². The summed E-state index contributed by atoms with van der Waals surface area (Å²) in [6.45, 7) is 2.70. The first-order valence-electron chi connectivity index (χ1n) is 11.9. The van der Waals surface area contributed by atoms with E-state index in [4.69, 9.17) is 9.47 Å². The van der Waals surface area contributed by atoms with Gasteiger partial charge in [0.1, 0.15) is 6.10 Å². The standard InChI is InChI=1S/C25H26N6O4S/c1-34-22-5-3-18-24(30-22)17(6-7-27-18)23(14-9-26-10-14)28-11-16-12-31(25(33)35-16)15-2-4-20-19(8-15)29-21(32)13-36-20/h2-8,14,16,23,26,28H,9-13H2,1H3,(H,29,32). The Hall–Kier alpha value is -3.41. The molecule has 2 unspecified atom stereocenters. The summed E-state index contributed by atoms with van der Waals surface area (Å²) in [7, 11) is 1.60. The summed E-state index contributed by atoms with van der Waals surface area (Å²) in [4.78, 5) is 36.2. The molecule has 2 fully saturated rings. The van der Waals surface area contributed by atoms with E-state index in [9.17, 15) is 9.59 Å². The molecule has 36 heavy (non-hydrogen) atoms. The molecule has 10 nitrogen and oxygen atoms in total. The maximum atomic E-state index is 12.7. The average Bonchev–Trinajstić information content (AvgIpc) is 3.24. The number of cyclic esters (lactones) is 1. The Morgan fingerprint density at radius 2 is 2.14 bits per heavy atom. The summed E-state index contributed by atoms with van der Waals surface area (Å²) < 4.78 is 11.0. The molecule has 0 bridgehead atoms. The molecule has 3 aromatic rings. The van der Waals surface area contributed by atoms with Crippen molar-refractivity contribution in [1.29, 1.82) is 0 Å². The Balaban J connectivity index is 1.19. The molecule has 2 atom stereocenters. The minimum atomic E-state index is -0.390.